The van der Waals surface area contributed by atoms with E-state index in [1.165, 1.54) is 4.90 Å². The van der Waals surface area contributed by atoms with Crippen LogP contribution in [0.3, 0.4) is 0 Å². The quantitative estimate of drug-likeness (QED) is 0.402. The Morgan fingerprint density at radius 3 is 1.97 bits per heavy atom. The van der Waals surface area contributed by atoms with Crippen LogP contribution in [0.15, 0.2) is 52.7 Å². The van der Waals surface area contributed by atoms with E-state index < -0.39 is 0 Å². The lowest BCUT2D eigenvalue weighted by Crippen LogP contribution is -2.31. The molecule has 0 bridgehead atoms. The largest absolute Gasteiger partial charge is 0.507 e. The maximum atomic E-state index is 13.7. The number of aromatic hydroxyl groups is 1. The summed E-state index contributed by atoms with van der Waals surface area (Å²) in [4.78, 5) is 28.2. The normalized spacial score (nSPS) is 12.6. The van der Waals surface area contributed by atoms with Crippen LogP contribution in [-0.2, 0) is 23.9 Å². The first-order valence-electron chi connectivity index (χ1n) is 12.3. The molecule has 0 unspecified atom stereocenters. The number of Topliss-reactive ketones (excluding diaryl/α,β-unsaturated/α-hetero) is 1. The number of amides is 1. The monoisotopic (exact) mass is 568 g/mol. The molecule has 3 rings (SSSR count). The average Bonchev–Trinajstić information content (AvgIpc) is 3.14. The zero-order valence-corrected chi connectivity index (χ0v) is 24.5. The molecule has 7 nitrogen and oxygen atoms in total. The zero-order valence-electron chi connectivity index (χ0n) is 23.0. The first kappa shape index (κ1) is 28.4. The number of hydrogen-bond donors (Lipinski definition) is 1. The number of imidazole rings is 1. The minimum absolute atomic E-state index is 0.0160. The summed E-state index contributed by atoms with van der Waals surface area (Å²) in [6, 6.07) is 13.4. The second kappa shape index (κ2) is 10.7. The summed E-state index contributed by atoms with van der Waals surface area (Å²) in [5, 5.41) is 11.0. The molecule has 1 N–H and O–H groups in total. The second-order valence-electron chi connectivity index (χ2n) is 11.6. The van der Waals surface area contributed by atoms with Crippen LogP contribution in [-0.4, -0.2) is 44.9 Å². The van der Waals surface area contributed by atoms with E-state index in [2.05, 4.69) is 20.2 Å². The highest BCUT2D eigenvalue weighted by molar-refractivity contribution is 9.08. The number of phenols is 1. The number of rotatable bonds is 6. The van der Waals surface area contributed by atoms with Crippen molar-refractivity contribution in [2.45, 2.75) is 65.5 Å². The highest BCUT2D eigenvalue weighted by atomic mass is 79.9. The molecule has 8 heteroatoms. The first-order chi connectivity index (χ1) is 17.1. The van der Waals surface area contributed by atoms with Gasteiger partial charge >= 0.3 is 0 Å². The Hall–Kier alpha value is -3.13. The van der Waals surface area contributed by atoms with Crippen LogP contribution in [0.25, 0.3) is 0 Å². The van der Waals surface area contributed by atoms with Gasteiger partial charge in [0.1, 0.15) is 11.4 Å². The van der Waals surface area contributed by atoms with E-state index in [9.17, 15) is 14.7 Å². The Labute approximate surface area is 227 Å². The maximum absolute atomic E-state index is 13.7. The molecule has 1 aromatic heterocycles. The van der Waals surface area contributed by atoms with Gasteiger partial charge in [0.05, 0.1) is 29.2 Å². The molecule has 1 heterocycles. The molecule has 2 aromatic carbocycles. The molecule has 3 aromatic rings. The minimum Gasteiger partial charge on any atom is -0.507 e. The van der Waals surface area contributed by atoms with E-state index in [4.69, 9.17) is 0 Å². The predicted molar refractivity (Wildman–Crippen MR) is 150 cm³/mol. The summed E-state index contributed by atoms with van der Waals surface area (Å²) in [6.07, 6.45) is 1.68. The number of ketones is 1. The fourth-order valence-corrected chi connectivity index (χ4v) is 4.65. The number of phenolic OH excluding ortho intramolecular Hbond substituents is 1. The molecule has 198 valence electrons. The Bertz CT molecular complexity index is 1340. The lowest BCUT2D eigenvalue weighted by atomic mass is 9.78. The molecular weight excluding hydrogens is 532 g/mol. The van der Waals surface area contributed by atoms with Crippen LogP contribution >= 0.6 is 16.1 Å². The SMILES string of the molecule is CN(C)C(=O)c1cn(CC(=O)c2cc(C(C)(C)C)c(O)c(C(C)(C)C)c2)/c(=N\Br)n1Cc1ccccc1. The fraction of sp³-hybridized carbons (Fsp3) is 0.414. The Morgan fingerprint density at radius 1 is 0.973 bits per heavy atom. The topological polar surface area (TPSA) is 79.8 Å². The zero-order chi connectivity index (χ0) is 27.7. The van der Waals surface area contributed by atoms with Gasteiger partial charge in [-0.15, -0.1) is 0 Å². The molecule has 0 aliphatic heterocycles. The van der Waals surface area contributed by atoms with E-state index in [-0.39, 0.29) is 34.8 Å². The Balaban J connectivity index is 2.13. The van der Waals surface area contributed by atoms with Gasteiger partial charge in [0.2, 0.25) is 5.62 Å². The van der Waals surface area contributed by atoms with E-state index in [0.29, 0.717) is 23.4 Å². The van der Waals surface area contributed by atoms with Gasteiger partial charge in [-0.25, -0.2) is 0 Å². The molecule has 37 heavy (non-hydrogen) atoms. The number of aromatic nitrogens is 2. The highest BCUT2D eigenvalue weighted by Gasteiger charge is 2.28. The van der Waals surface area contributed by atoms with Crippen molar-refractivity contribution in [3.05, 3.63) is 82.2 Å². The fourth-order valence-electron chi connectivity index (χ4n) is 4.25. The number of halogens is 1. The van der Waals surface area contributed by atoms with Gasteiger partial charge in [0.15, 0.2) is 5.78 Å². The summed E-state index contributed by atoms with van der Waals surface area (Å²) in [6.45, 7) is 12.5. The van der Waals surface area contributed by atoms with Crippen LogP contribution in [0.2, 0.25) is 0 Å². The van der Waals surface area contributed by atoms with E-state index in [0.717, 1.165) is 16.7 Å². The van der Waals surface area contributed by atoms with Crippen LogP contribution < -0.4 is 5.62 Å². The molecule has 0 fully saturated rings. The van der Waals surface area contributed by atoms with Crippen molar-refractivity contribution >= 4 is 27.8 Å². The van der Waals surface area contributed by atoms with E-state index >= 15 is 0 Å². The van der Waals surface area contributed by atoms with Crippen LogP contribution in [0.4, 0.5) is 0 Å². The molecule has 1 amide bonds. The van der Waals surface area contributed by atoms with Gasteiger partial charge in [-0.05, 0) is 28.5 Å². The number of nitrogens with zero attached hydrogens (tertiary/aromatic N) is 4. The van der Waals surface area contributed by atoms with Crippen molar-refractivity contribution < 1.29 is 14.7 Å². The number of carbonyl (C=O) groups is 2. The van der Waals surface area contributed by atoms with Crippen molar-refractivity contribution in [2.24, 2.45) is 4.02 Å². The van der Waals surface area contributed by atoms with Gasteiger partial charge in [-0.2, -0.15) is 4.02 Å². The predicted octanol–water partition coefficient (Wildman–Crippen LogP) is 5.43. The number of hydrogen-bond acceptors (Lipinski definition) is 4. The van der Waals surface area contributed by atoms with Gasteiger partial charge in [0, 0.05) is 37.0 Å². The molecular formula is C29H37BrN4O3. The van der Waals surface area contributed by atoms with Gasteiger partial charge in [-0.3, -0.25) is 9.59 Å². The number of carbonyl (C=O) groups excluding carboxylic acids is 2. The molecule has 0 atom stereocenters. The lowest BCUT2D eigenvalue weighted by molar-refractivity contribution is 0.0816. The first-order valence-corrected chi connectivity index (χ1v) is 13.0. The molecule has 0 saturated heterocycles. The van der Waals surface area contributed by atoms with Gasteiger partial charge in [0.25, 0.3) is 5.91 Å². The lowest BCUT2D eigenvalue weighted by Gasteiger charge is -2.28. The maximum Gasteiger partial charge on any atom is 0.271 e. The second-order valence-corrected chi connectivity index (χ2v) is 12.0. The third-order valence-electron chi connectivity index (χ3n) is 6.31. The van der Waals surface area contributed by atoms with Crippen molar-refractivity contribution in [3.63, 3.8) is 0 Å². The van der Waals surface area contributed by atoms with Crippen molar-refractivity contribution in [3.8, 4) is 5.75 Å². The minimum atomic E-state index is -0.353. The summed E-state index contributed by atoms with van der Waals surface area (Å²) in [5.74, 6) is -0.0958. The number of benzene rings is 2. The Kier molecular flexibility index (Phi) is 8.22. The highest BCUT2D eigenvalue weighted by Crippen LogP contribution is 2.39. The third kappa shape index (κ3) is 6.24. The Morgan fingerprint density at radius 2 is 1.51 bits per heavy atom. The van der Waals surface area contributed by atoms with Crippen molar-refractivity contribution in [1.29, 1.82) is 0 Å². The summed E-state index contributed by atoms with van der Waals surface area (Å²) in [5.41, 5.74) is 3.14. The summed E-state index contributed by atoms with van der Waals surface area (Å²) >= 11 is 3.22. The molecule has 0 radical (unpaired) electrons. The molecule has 0 spiro atoms. The summed E-state index contributed by atoms with van der Waals surface area (Å²) < 4.78 is 7.77. The van der Waals surface area contributed by atoms with E-state index in [1.54, 1.807) is 41.6 Å². The molecule has 0 aliphatic rings. The third-order valence-corrected chi connectivity index (χ3v) is 6.63. The standard InChI is InChI=1S/C29H37BrN4O3/c1-28(2,3)21-14-20(15-22(25(21)36)29(4,5)6)24(35)18-33-17-23(26(37)32(7)8)34(27(33)31-30)16-19-12-10-9-11-13-19/h9-15,17,36H,16,18H2,1-8H3/b31-27+. The van der Waals surface area contributed by atoms with Crippen molar-refractivity contribution in [2.75, 3.05) is 14.1 Å². The smallest absolute Gasteiger partial charge is 0.271 e. The summed E-state index contributed by atoms with van der Waals surface area (Å²) in [7, 11) is 3.39. The van der Waals surface area contributed by atoms with E-state index in [1.807, 2.05) is 71.9 Å². The van der Waals surface area contributed by atoms with Crippen molar-refractivity contribution in [1.82, 2.24) is 14.0 Å². The molecule has 0 saturated carbocycles. The van der Waals surface area contributed by atoms with Gasteiger partial charge in [-0.1, -0.05) is 71.9 Å². The van der Waals surface area contributed by atoms with Gasteiger partial charge < -0.3 is 19.1 Å². The average molecular weight is 570 g/mol. The molecule has 0 aliphatic carbocycles. The van der Waals surface area contributed by atoms with Crippen LogP contribution in [0, 0.1) is 0 Å². The van der Waals surface area contributed by atoms with Crippen LogP contribution in [0.5, 0.6) is 5.75 Å². The van der Waals surface area contributed by atoms with Crippen LogP contribution in [0.1, 0.15) is 79.1 Å².